The van der Waals surface area contributed by atoms with Crippen molar-refractivity contribution in [2.75, 3.05) is 6.61 Å². The van der Waals surface area contributed by atoms with Crippen LogP contribution >= 0.6 is 0 Å². The van der Waals surface area contributed by atoms with Gasteiger partial charge in [0.25, 0.3) is 0 Å². The zero-order valence-electron chi connectivity index (χ0n) is 26.3. The number of ketones is 2. The smallest absolute Gasteiger partial charge is 0.332 e. The molecular weight excluding hydrogens is 512 g/mol. The predicted octanol–water partition coefficient (Wildman–Crippen LogP) is 6.02. The Morgan fingerprint density at radius 2 is 1.38 bits per heavy atom. The second kappa shape index (κ2) is 14.4. The largest absolute Gasteiger partial charge is 0.461 e. The molecule has 1 rings (SSSR count). The second-order valence-corrected chi connectivity index (χ2v) is 13.3. The first-order valence-electron chi connectivity index (χ1n) is 14.0. The Labute approximate surface area is 240 Å². The van der Waals surface area contributed by atoms with Crippen LogP contribution in [0.1, 0.15) is 101 Å². The standard InChI is InChI=1S/C32H50O8/c1-22(40-30(5,6)7)27(35)31(8,9)32(10,11)38-21-26(34)39-24(28(36)29(2,3)4)18-15-19-25(33)37-20-23-16-13-12-14-17-23/h12-14,16-17,22,24H,15,18-21H2,1-11H3. The summed E-state index contributed by atoms with van der Waals surface area (Å²) in [5.41, 5.74) is -2.39. The van der Waals surface area contributed by atoms with E-state index in [0.717, 1.165) is 5.56 Å². The topological polar surface area (TPSA) is 105 Å². The molecule has 0 radical (unpaired) electrons. The van der Waals surface area contributed by atoms with Crippen molar-refractivity contribution in [3.05, 3.63) is 35.9 Å². The van der Waals surface area contributed by atoms with Crippen molar-refractivity contribution in [2.45, 2.75) is 125 Å². The summed E-state index contributed by atoms with van der Waals surface area (Å²) in [5.74, 6) is -1.51. The fraction of sp³-hybridized carbons (Fsp3) is 0.688. The van der Waals surface area contributed by atoms with E-state index in [9.17, 15) is 19.2 Å². The number of hydrogen-bond donors (Lipinski definition) is 0. The van der Waals surface area contributed by atoms with Crippen molar-refractivity contribution in [2.24, 2.45) is 10.8 Å². The van der Waals surface area contributed by atoms with Gasteiger partial charge in [0.15, 0.2) is 17.7 Å². The number of benzene rings is 1. The summed E-state index contributed by atoms with van der Waals surface area (Å²) in [6.45, 7) is 19.3. The number of rotatable bonds is 15. The summed E-state index contributed by atoms with van der Waals surface area (Å²) in [4.78, 5) is 51.2. The molecule has 0 N–H and O–H groups in total. The Kier molecular flexibility index (Phi) is 12.7. The first kappa shape index (κ1) is 35.4. The van der Waals surface area contributed by atoms with Gasteiger partial charge in [-0.2, -0.15) is 0 Å². The number of Topliss-reactive ketones (excluding diaryl/α,β-unsaturated/α-hetero) is 2. The maximum Gasteiger partial charge on any atom is 0.332 e. The summed E-state index contributed by atoms with van der Waals surface area (Å²) in [7, 11) is 0. The van der Waals surface area contributed by atoms with Crippen LogP contribution in [0.25, 0.3) is 0 Å². The van der Waals surface area contributed by atoms with Crippen molar-refractivity contribution in [1.29, 1.82) is 0 Å². The van der Waals surface area contributed by atoms with Gasteiger partial charge in [-0.3, -0.25) is 14.4 Å². The van der Waals surface area contributed by atoms with Crippen LogP contribution < -0.4 is 0 Å². The normalized spacial score (nSPS) is 14.3. The van der Waals surface area contributed by atoms with E-state index in [2.05, 4.69) is 0 Å². The Morgan fingerprint density at radius 3 is 1.90 bits per heavy atom. The van der Waals surface area contributed by atoms with Crippen molar-refractivity contribution in [3.63, 3.8) is 0 Å². The molecule has 1 aromatic rings. The Hall–Kier alpha value is -2.58. The maximum absolute atomic E-state index is 13.2. The first-order valence-corrected chi connectivity index (χ1v) is 14.0. The Bertz CT molecular complexity index is 996. The van der Waals surface area contributed by atoms with E-state index in [1.165, 1.54) is 0 Å². The summed E-state index contributed by atoms with van der Waals surface area (Å²) >= 11 is 0. The minimum Gasteiger partial charge on any atom is -0.461 e. The molecule has 1 aromatic carbocycles. The maximum atomic E-state index is 13.2. The number of hydrogen-bond acceptors (Lipinski definition) is 8. The third-order valence-corrected chi connectivity index (χ3v) is 6.97. The van der Waals surface area contributed by atoms with Gasteiger partial charge in [-0.25, -0.2) is 4.79 Å². The SMILES string of the molecule is CC(OC(C)(C)C)C(=O)C(C)(C)C(C)(C)OCC(=O)OC(CCCC(=O)OCc1ccccc1)C(=O)C(C)(C)C. The fourth-order valence-electron chi connectivity index (χ4n) is 3.97. The quantitative estimate of drug-likeness (QED) is 0.239. The molecule has 0 aromatic heterocycles. The van der Waals surface area contributed by atoms with Crippen LogP contribution in [0.4, 0.5) is 0 Å². The van der Waals surface area contributed by atoms with E-state index in [1.807, 2.05) is 51.1 Å². The van der Waals surface area contributed by atoms with Crippen molar-refractivity contribution in [3.8, 4) is 0 Å². The van der Waals surface area contributed by atoms with Crippen LogP contribution in [0.2, 0.25) is 0 Å². The molecule has 0 amide bonds. The van der Waals surface area contributed by atoms with Crippen LogP contribution in [0, 0.1) is 10.8 Å². The van der Waals surface area contributed by atoms with Crippen LogP contribution in [-0.2, 0) is 44.7 Å². The zero-order chi connectivity index (χ0) is 30.9. The molecule has 8 heteroatoms. The highest BCUT2D eigenvalue weighted by Crippen LogP contribution is 2.37. The zero-order valence-corrected chi connectivity index (χ0v) is 26.3. The van der Waals surface area contributed by atoms with Gasteiger partial charge < -0.3 is 18.9 Å². The number of ether oxygens (including phenoxy) is 4. The molecule has 2 atom stereocenters. The Balaban J connectivity index is 2.75. The highest BCUT2D eigenvalue weighted by atomic mass is 16.6. The van der Waals surface area contributed by atoms with E-state index in [-0.39, 0.29) is 31.0 Å². The average molecular weight is 563 g/mol. The molecule has 226 valence electrons. The molecule has 0 spiro atoms. The second-order valence-electron chi connectivity index (χ2n) is 13.3. The lowest BCUT2D eigenvalue weighted by atomic mass is 9.72. The monoisotopic (exact) mass is 562 g/mol. The third kappa shape index (κ3) is 11.5. The van der Waals surface area contributed by atoms with Crippen molar-refractivity contribution >= 4 is 23.5 Å². The molecule has 0 heterocycles. The molecule has 8 nitrogen and oxygen atoms in total. The van der Waals surface area contributed by atoms with Crippen LogP contribution in [0.5, 0.6) is 0 Å². The molecule has 2 unspecified atom stereocenters. The predicted molar refractivity (Wildman–Crippen MR) is 154 cm³/mol. The van der Waals surface area contributed by atoms with E-state index < -0.39 is 52.8 Å². The van der Waals surface area contributed by atoms with Crippen LogP contribution in [0.3, 0.4) is 0 Å². The molecular formula is C32H50O8. The van der Waals surface area contributed by atoms with Gasteiger partial charge in [-0.15, -0.1) is 0 Å². The molecule has 0 aliphatic carbocycles. The summed E-state index contributed by atoms with van der Waals surface area (Å²) in [6, 6.07) is 9.35. The van der Waals surface area contributed by atoms with E-state index in [4.69, 9.17) is 18.9 Å². The lowest BCUT2D eigenvalue weighted by molar-refractivity contribution is -0.179. The molecule has 0 fully saturated rings. The van der Waals surface area contributed by atoms with E-state index in [1.54, 1.807) is 55.4 Å². The van der Waals surface area contributed by atoms with Gasteiger partial charge in [0, 0.05) is 11.8 Å². The molecule has 0 saturated carbocycles. The molecule has 40 heavy (non-hydrogen) atoms. The third-order valence-electron chi connectivity index (χ3n) is 6.97. The van der Waals surface area contributed by atoms with Gasteiger partial charge in [0.05, 0.1) is 16.6 Å². The van der Waals surface area contributed by atoms with Gasteiger partial charge in [-0.1, -0.05) is 65.0 Å². The van der Waals surface area contributed by atoms with Gasteiger partial charge in [0.1, 0.15) is 19.3 Å². The lowest BCUT2D eigenvalue weighted by Crippen LogP contribution is -2.52. The first-order chi connectivity index (χ1) is 18.2. The molecule has 0 saturated heterocycles. The summed E-state index contributed by atoms with van der Waals surface area (Å²) in [5, 5.41) is 0. The van der Waals surface area contributed by atoms with Gasteiger partial charge >= 0.3 is 11.9 Å². The van der Waals surface area contributed by atoms with Crippen LogP contribution in [-0.4, -0.2) is 53.5 Å². The highest BCUT2D eigenvalue weighted by molar-refractivity contribution is 5.90. The summed E-state index contributed by atoms with van der Waals surface area (Å²) in [6.07, 6.45) is -1.12. The van der Waals surface area contributed by atoms with Crippen molar-refractivity contribution in [1.82, 2.24) is 0 Å². The van der Waals surface area contributed by atoms with Crippen LogP contribution in [0.15, 0.2) is 30.3 Å². The average Bonchev–Trinajstić information content (AvgIpc) is 2.83. The highest BCUT2D eigenvalue weighted by Gasteiger charge is 2.47. The minimum atomic E-state index is -1.04. The van der Waals surface area contributed by atoms with Gasteiger partial charge in [-0.05, 0) is 59.9 Å². The number of esters is 2. The molecule has 0 aliphatic rings. The lowest BCUT2D eigenvalue weighted by Gasteiger charge is -2.42. The number of carbonyl (C=O) groups excluding carboxylic acids is 4. The van der Waals surface area contributed by atoms with E-state index >= 15 is 0 Å². The van der Waals surface area contributed by atoms with E-state index in [0.29, 0.717) is 6.42 Å². The fourth-order valence-corrected chi connectivity index (χ4v) is 3.97. The van der Waals surface area contributed by atoms with Crippen molar-refractivity contribution < 1.29 is 38.1 Å². The van der Waals surface area contributed by atoms with Gasteiger partial charge in [0.2, 0.25) is 0 Å². The summed E-state index contributed by atoms with van der Waals surface area (Å²) < 4.78 is 22.6. The number of carbonyl (C=O) groups is 4. The Morgan fingerprint density at radius 1 is 0.800 bits per heavy atom. The minimum absolute atomic E-state index is 0.0902. The molecule has 0 aliphatic heterocycles. The molecule has 0 bridgehead atoms.